The van der Waals surface area contributed by atoms with Gasteiger partial charge in [0.1, 0.15) is 5.75 Å². The number of rotatable bonds is 7. The topological polar surface area (TPSA) is 50.8 Å². The first kappa shape index (κ1) is 19.2. The highest BCUT2D eigenvalue weighted by Gasteiger charge is 2.23. The van der Waals surface area contributed by atoms with Crippen molar-refractivity contribution in [3.8, 4) is 5.75 Å². The Morgan fingerprint density at radius 2 is 1.78 bits per heavy atom. The van der Waals surface area contributed by atoms with Crippen molar-refractivity contribution in [2.75, 3.05) is 26.7 Å². The van der Waals surface area contributed by atoms with Crippen LogP contribution >= 0.6 is 0 Å². The normalized spacial score (nSPS) is 14.8. The smallest absolute Gasteiger partial charge is 0.317 e. The zero-order valence-corrected chi connectivity index (χ0v) is 15.9. The second-order valence-corrected chi connectivity index (χ2v) is 6.78. The fraction of sp³-hybridized carbons (Fsp3) is 0.409. The van der Waals surface area contributed by atoms with E-state index in [2.05, 4.69) is 17.4 Å². The summed E-state index contributed by atoms with van der Waals surface area (Å²) in [6, 6.07) is 18.1. The van der Waals surface area contributed by atoms with Gasteiger partial charge < -0.3 is 19.7 Å². The van der Waals surface area contributed by atoms with E-state index >= 15 is 0 Å². The number of nitrogens with one attached hydrogen (secondary N) is 1. The minimum absolute atomic E-state index is 0.00593. The quantitative estimate of drug-likeness (QED) is 0.812. The Bertz CT molecular complexity index is 713. The van der Waals surface area contributed by atoms with Crippen molar-refractivity contribution in [1.29, 1.82) is 0 Å². The average molecular weight is 368 g/mol. The van der Waals surface area contributed by atoms with Crippen LogP contribution in [0, 0.1) is 0 Å². The maximum atomic E-state index is 12.4. The summed E-state index contributed by atoms with van der Waals surface area (Å²) >= 11 is 0. The highest BCUT2D eigenvalue weighted by molar-refractivity contribution is 5.74. The number of para-hydroxylation sites is 1. The third kappa shape index (κ3) is 5.73. The van der Waals surface area contributed by atoms with Crippen LogP contribution in [-0.2, 0) is 17.8 Å². The molecule has 0 aliphatic carbocycles. The number of hydrogen-bond acceptors (Lipinski definition) is 3. The van der Waals surface area contributed by atoms with Crippen LogP contribution in [0.1, 0.15) is 24.0 Å². The standard InChI is InChI=1S/C22H28N2O3/c1-26-21-10-6-5-9-19(21)11-14-23-22(25)24-15-12-20(13-16-24)27-17-18-7-3-2-4-8-18/h2-10,20H,11-17H2,1H3,(H,23,25). The predicted octanol–water partition coefficient (Wildman–Crippen LogP) is 3.63. The van der Waals surface area contributed by atoms with E-state index in [0.717, 1.165) is 43.7 Å². The summed E-state index contributed by atoms with van der Waals surface area (Å²) in [4.78, 5) is 14.3. The van der Waals surface area contributed by atoms with Gasteiger partial charge in [0.2, 0.25) is 0 Å². The second-order valence-electron chi connectivity index (χ2n) is 6.78. The fourth-order valence-corrected chi connectivity index (χ4v) is 3.34. The number of piperidine rings is 1. The molecule has 1 saturated heterocycles. The number of ether oxygens (including phenoxy) is 2. The molecule has 5 nitrogen and oxygen atoms in total. The summed E-state index contributed by atoms with van der Waals surface area (Å²) in [5.74, 6) is 0.864. The number of likely N-dealkylation sites (tertiary alicyclic amines) is 1. The molecule has 0 atom stereocenters. The number of urea groups is 1. The van der Waals surface area contributed by atoms with Crippen molar-refractivity contribution < 1.29 is 14.3 Å². The zero-order chi connectivity index (χ0) is 18.9. The average Bonchev–Trinajstić information content (AvgIpc) is 2.73. The van der Waals surface area contributed by atoms with Gasteiger partial charge in [-0.2, -0.15) is 0 Å². The minimum atomic E-state index is 0.00593. The van der Waals surface area contributed by atoms with Gasteiger partial charge in [0.25, 0.3) is 0 Å². The van der Waals surface area contributed by atoms with Crippen LogP contribution in [0.25, 0.3) is 0 Å². The monoisotopic (exact) mass is 368 g/mol. The summed E-state index contributed by atoms with van der Waals surface area (Å²) in [6.07, 6.45) is 2.74. The molecule has 1 N–H and O–H groups in total. The highest BCUT2D eigenvalue weighted by atomic mass is 16.5. The van der Waals surface area contributed by atoms with Gasteiger partial charge in [-0.25, -0.2) is 4.79 Å². The van der Waals surface area contributed by atoms with Crippen molar-refractivity contribution in [2.45, 2.75) is 32.0 Å². The van der Waals surface area contributed by atoms with E-state index in [0.29, 0.717) is 13.2 Å². The number of nitrogens with zero attached hydrogens (tertiary/aromatic N) is 1. The van der Waals surface area contributed by atoms with Crippen molar-refractivity contribution in [2.24, 2.45) is 0 Å². The molecule has 0 bridgehead atoms. The van der Waals surface area contributed by atoms with E-state index in [-0.39, 0.29) is 12.1 Å². The number of carbonyl (C=O) groups is 1. The van der Waals surface area contributed by atoms with Crippen LogP contribution in [0.4, 0.5) is 4.79 Å². The first-order valence-corrected chi connectivity index (χ1v) is 9.56. The Morgan fingerprint density at radius 1 is 1.07 bits per heavy atom. The summed E-state index contributed by atoms with van der Waals surface area (Å²) in [5.41, 5.74) is 2.29. The lowest BCUT2D eigenvalue weighted by Gasteiger charge is -2.32. The van der Waals surface area contributed by atoms with E-state index < -0.39 is 0 Å². The molecule has 27 heavy (non-hydrogen) atoms. The maximum Gasteiger partial charge on any atom is 0.317 e. The molecule has 0 unspecified atom stereocenters. The number of amides is 2. The molecular weight excluding hydrogens is 340 g/mol. The van der Waals surface area contributed by atoms with Gasteiger partial charge >= 0.3 is 6.03 Å². The zero-order valence-electron chi connectivity index (χ0n) is 15.9. The van der Waals surface area contributed by atoms with Gasteiger partial charge in [0.05, 0.1) is 19.8 Å². The maximum absolute atomic E-state index is 12.4. The first-order chi connectivity index (χ1) is 13.3. The van der Waals surface area contributed by atoms with E-state index in [1.54, 1.807) is 7.11 Å². The molecule has 2 aromatic carbocycles. The van der Waals surface area contributed by atoms with Gasteiger partial charge in [0, 0.05) is 19.6 Å². The highest BCUT2D eigenvalue weighted by Crippen LogP contribution is 2.18. The molecule has 1 aliphatic heterocycles. The number of benzene rings is 2. The summed E-state index contributed by atoms with van der Waals surface area (Å²) in [6.45, 7) is 2.71. The van der Waals surface area contributed by atoms with Crippen LogP contribution in [0.2, 0.25) is 0 Å². The third-order valence-corrected chi connectivity index (χ3v) is 4.92. The lowest BCUT2D eigenvalue weighted by atomic mass is 10.1. The van der Waals surface area contributed by atoms with Crippen LogP contribution in [-0.4, -0.2) is 43.8 Å². The molecule has 2 amide bonds. The van der Waals surface area contributed by atoms with Crippen molar-refractivity contribution in [1.82, 2.24) is 10.2 Å². The van der Waals surface area contributed by atoms with Crippen LogP contribution in [0.5, 0.6) is 5.75 Å². The fourth-order valence-electron chi connectivity index (χ4n) is 3.34. The molecule has 0 radical (unpaired) electrons. The Labute approximate surface area is 161 Å². The molecule has 0 saturated carbocycles. The molecule has 1 aliphatic rings. The first-order valence-electron chi connectivity index (χ1n) is 9.56. The molecule has 2 aromatic rings. The largest absolute Gasteiger partial charge is 0.496 e. The molecule has 1 fully saturated rings. The minimum Gasteiger partial charge on any atom is -0.496 e. The van der Waals surface area contributed by atoms with Crippen LogP contribution in [0.3, 0.4) is 0 Å². The van der Waals surface area contributed by atoms with Gasteiger partial charge in [-0.1, -0.05) is 48.5 Å². The van der Waals surface area contributed by atoms with Crippen molar-refractivity contribution in [3.05, 3.63) is 65.7 Å². The van der Waals surface area contributed by atoms with Gasteiger partial charge in [-0.15, -0.1) is 0 Å². The summed E-state index contributed by atoms with van der Waals surface area (Å²) in [7, 11) is 1.67. The van der Waals surface area contributed by atoms with Gasteiger partial charge in [-0.05, 0) is 36.5 Å². The van der Waals surface area contributed by atoms with Gasteiger partial charge in [0.15, 0.2) is 0 Å². The second kappa shape index (κ2) is 9.97. The Balaban J connectivity index is 1.36. The molecular formula is C22H28N2O3. The molecule has 3 rings (SSSR count). The number of hydrogen-bond donors (Lipinski definition) is 1. The summed E-state index contributed by atoms with van der Waals surface area (Å²) in [5, 5.41) is 3.02. The predicted molar refractivity (Wildman–Crippen MR) is 106 cm³/mol. The molecule has 0 spiro atoms. The van der Waals surface area contributed by atoms with Crippen LogP contribution < -0.4 is 10.1 Å². The Hall–Kier alpha value is -2.53. The van der Waals surface area contributed by atoms with E-state index in [1.807, 2.05) is 47.4 Å². The number of carbonyl (C=O) groups excluding carboxylic acids is 1. The van der Waals surface area contributed by atoms with Crippen molar-refractivity contribution in [3.63, 3.8) is 0 Å². The third-order valence-electron chi connectivity index (χ3n) is 4.92. The van der Waals surface area contributed by atoms with Crippen LogP contribution in [0.15, 0.2) is 54.6 Å². The van der Waals surface area contributed by atoms with Gasteiger partial charge in [-0.3, -0.25) is 0 Å². The lowest BCUT2D eigenvalue weighted by Crippen LogP contribution is -2.46. The SMILES string of the molecule is COc1ccccc1CCNC(=O)N1CCC(OCc2ccccc2)CC1. The molecule has 144 valence electrons. The molecule has 5 heteroatoms. The number of methoxy groups -OCH3 is 1. The Kier molecular flexibility index (Phi) is 7.11. The summed E-state index contributed by atoms with van der Waals surface area (Å²) < 4.78 is 11.3. The van der Waals surface area contributed by atoms with E-state index in [4.69, 9.17) is 9.47 Å². The molecule has 0 aromatic heterocycles. The van der Waals surface area contributed by atoms with Crippen molar-refractivity contribution >= 4 is 6.03 Å². The van der Waals surface area contributed by atoms with E-state index in [1.165, 1.54) is 5.56 Å². The van der Waals surface area contributed by atoms with E-state index in [9.17, 15) is 4.79 Å². The lowest BCUT2D eigenvalue weighted by molar-refractivity contribution is 0.00449. The molecule has 1 heterocycles. The Morgan fingerprint density at radius 3 is 2.52 bits per heavy atom.